The molecule has 0 fully saturated rings. The lowest BCUT2D eigenvalue weighted by atomic mass is 10.1. The van der Waals surface area contributed by atoms with Crippen molar-refractivity contribution in [3.05, 3.63) is 95.9 Å². The molecule has 40 heavy (non-hydrogen) atoms. The third-order valence-electron chi connectivity index (χ3n) is 5.96. The first-order chi connectivity index (χ1) is 19.3. The lowest BCUT2D eigenvalue weighted by Gasteiger charge is -2.27. The number of aromatic nitrogens is 1. The van der Waals surface area contributed by atoms with Crippen LogP contribution >= 0.6 is 0 Å². The van der Waals surface area contributed by atoms with Crippen LogP contribution in [0.3, 0.4) is 0 Å². The van der Waals surface area contributed by atoms with E-state index in [-0.39, 0.29) is 12.4 Å². The highest BCUT2D eigenvalue weighted by Crippen LogP contribution is 2.25. The Balaban J connectivity index is 1.37. The fraction of sp³-hybridized carbons (Fsp3) is 0.194. The first kappa shape index (κ1) is 27.8. The predicted molar refractivity (Wildman–Crippen MR) is 147 cm³/mol. The number of benzene rings is 3. The van der Waals surface area contributed by atoms with Crippen molar-refractivity contribution in [1.29, 1.82) is 0 Å². The van der Waals surface area contributed by atoms with E-state index in [1.165, 1.54) is 7.11 Å². The predicted octanol–water partition coefficient (Wildman–Crippen LogP) is 5.74. The number of aliphatic carboxylic acids is 1. The van der Waals surface area contributed by atoms with Gasteiger partial charge in [-0.05, 0) is 73.9 Å². The molecule has 4 rings (SSSR count). The van der Waals surface area contributed by atoms with E-state index in [0.717, 1.165) is 10.5 Å². The van der Waals surface area contributed by atoms with Crippen LogP contribution in [0.1, 0.15) is 30.0 Å². The van der Waals surface area contributed by atoms with E-state index in [1.807, 2.05) is 37.3 Å². The van der Waals surface area contributed by atoms with Crippen molar-refractivity contribution >= 4 is 12.1 Å². The Morgan fingerprint density at radius 2 is 1.62 bits per heavy atom. The number of carbonyl (C=O) groups is 2. The van der Waals surface area contributed by atoms with Crippen LogP contribution in [-0.2, 0) is 4.79 Å². The molecule has 1 atom stereocenters. The number of oxazole rings is 1. The van der Waals surface area contributed by atoms with E-state index >= 15 is 0 Å². The van der Waals surface area contributed by atoms with Gasteiger partial charge < -0.3 is 23.7 Å². The van der Waals surface area contributed by atoms with Gasteiger partial charge in [0.15, 0.2) is 0 Å². The second-order valence-electron chi connectivity index (χ2n) is 8.70. The summed E-state index contributed by atoms with van der Waals surface area (Å²) < 4.78 is 22.0. The van der Waals surface area contributed by atoms with E-state index in [9.17, 15) is 14.7 Å². The van der Waals surface area contributed by atoms with Crippen molar-refractivity contribution in [3.63, 3.8) is 0 Å². The quantitative estimate of drug-likeness (QED) is 0.268. The molecule has 9 nitrogen and oxygen atoms in total. The number of carbonyl (C=O) groups excluding carboxylic acids is 1. The van der Waals surface area contributed by atoms with Gasteiger partial charge in [0.2, 0.25) is 11.7 Å². The number of ether oxygens (including phenoxy) is 3. The van der Waals surface area contributed by atoms with Crippen LogP contribution < -0.4 is 14.2 Å². The van der Waals surface area contributed by atoms with Crippen LogP contribution in [0, 0.1) is 18.8 Å². The summed E-state index contributed by atoms with van der Waals surface area (Å²) >= 11 is 0. The van der Waals surface area contributed by atoms with Gasteiger partial charge in [0.1, 0.15) is 30.4 Å². The topological polar surface area (TPSA) is 111 Å². The van der Waals surface area contributed by atoms with Crippen LogP contribution in [0.15, 0.2) is 83.3 Å². The van der Waals surface area contributed by atoms with Crippen molar-refractivity contribution in [2.24, 2.45) is 0 Å². The first-order valence-electron chi connectivity index (χ1n) is 12.4. The lowest BCUT2D eigenvalue weighted by Crippen LogP contribution is -2.39. The SMILES string of the molecule is COc1ccc(OC(=O)N(CC(=O)O)[C@@H](C)c2ccc(OCC#Cc3oc(-c4ccccc4)nc3C)cc2)cc1. The van der Waals surface area contributed by atoms with E-state index in [4.69, 9.17) is 18.6 Å². The van der Waals surface area contributed by atoms with Crippen molar-refractivity contribution in [3.8, 4) is 40.5 Å². The smallest absolute Gasteiger partial charge is 0.416 e. The van der Waals surface area contributed by atoms with Crippen LogP contribution in [0.5, 0.6) is 17.2 Å². The maximum absolute atomic E-state index is 12.8. The van der Waals surface area contributed by atoms with Gasteiger partial charge in [-0.3, -0.25) is 9.69 Å². The third kappa shape index (κ3) is 7.20. The number of hydrogen-bond acceptors (Lipinski definition) is 7. The van der Waals surface area contributed by atoms with E-state index < -0.39 is 24.6 Å². The molecular formula is C31H28N2O7. The Labute approximate surface area is 231 Å². The molecule has 1 amide bonds. The number of aryl methyl sites for hydroxylation is 1. The average Bonchev–Trinajstić information content (AvgIpc) is 3.35. The molecule has 1 N–H and O–H groups in total. The summed E-state index contributed by atoms with van der Waals surface area (Å²) in [5.74, 6) is 7.16. The van der Waals surface area contributed by atoms with Crippen molar-refractivity contribution < 1.29 is 33.3 Å². The highest BCUT2D eigenvalue weighted by Gasteiger charge is 2.26. The fourth-order valence-corrected chi connectivity index (χ4v) is 3.78. The van der Waals surface area contributed by atoms with Gasteiger partial charge >= 0.3 is 12.1 Å². The van der Waals surface area contributed by atoms with Gasteiger partial charge in [-0.25, -0.2) is 9.78 Å². The molecule has 0 aliphatic carbocycles. The van der Waals surface area contributed by atoms with Crippen LogP contribution in [-0.4, -0.2) is 47.3 Å². The molecule has 4 aromatic rings. The van der Waals surface area contributed by atoms with E-state index in [1.54, 1.807) is 55.5 Å². The summed E-state index contributed by atoms with van der Waals surface area (Å²) in [6, 6.07) is 22.4. The van der Waals surface area contributed by atoms with Crippen molar-refractivity contribution in [2.75, 3.05) is 20.3 Å². The molecule has 3 aromatic carbocycles. The van der Waals surface area contributed by atoms with Gasteiger partial charge in [-0.15, -0.1) is 0 Å². The summed E-state index contributed by atoms with van der Waals surface area (Å²) in [6.45, 7) is 3.15. The molecule has 1 aromatic heterocycles. The summed E-state index contributed by atoms with van der Waals surface area (Å²) in [7, 11) is 1.53. The zero-order valence-corrected chi connectivity index (χ0v) is 22.3. The number of rotatable bonds is 9. The molecule has 0 aliphatic rings. The Morgan fingerprint density at radius 3 is 2.27 bits per heavy atom. The highest BCUT2D eigenvalue weighted by molar-refractivity contribution is 5.78. The summed E-state index contributed by atoms with van der Waals surface area (Å²) in [5, 5.41) is 9.38. The molecule has 0 saturated heterocycles. The molecule has 0 spiro atoms. The standard InChI is InChI=1S/C31H28N2O7/c1-21-28(40-30(32-21)24-8-5-4-6-9-24)10-7-19-38-26-13-11-23(12-14-26)22(2)33(20-29(34)35)31(36)39-27-17-15-25(37-3)16-18-27/h4-6,8-9,11-18,22H,19-20H2,1-3H3,(H,34,35)/t22-/m0/s1. The largest absolute Gasteiger partial charge is 0.497 e. The maximum Gasteiger partial charge on any atom is 0.416 e. The minimum atomic E-state index is -1.16. The van der Waals surface area contributed by atoms with Gasteiger partial charge in [-0.1, -0.05) is 36.3 Å². The van der Waals surface area contributed by atoms with Crippen LogP contribution in [0.25, 0.3) is 11.5 Å². The van der Waals surface area contributed by atoms with E-state index in [2.05, 4.69) is 16.8 Å². The van der Waals surface area contributed by atoms with Gasteiger partial charge in [0.25, 0.3) is 0 Å². The number of amides is 1. The number of carboxylic acid groups (broad SMARTS) is 1. The van der Waals surface area contributed by atoms with Crippen LogP contribution in [0.2, 0.25) is 0 Å². The van der Waals surface area contributed by atoms with E-state index in [0.29, 0.717) is 34.4 Å². The molecule has 0 saturated carbocycles. The number of nitrogens with zero attached hydrogens (tertiary/aromatic N) is 2. The lowest BCUT2D eigenvalue weighted by molar-refractivity contribution is -0.138. The summed E-state index contributed by atoms with van der Waals surface area (Å²) in [6.07, 6.45) is -0.784. The molecule has 0 unspecified atom stereocenters. The van der Waals surface area contributed by atoms with Gasteiger partial charge in [0.05, 0.1) is 18.8 Å². The molecule has 204 valence electrons. The molecule has 0 bridgehead atoms. The van der Waals surface area contributed by atoms with Crippen LogP contribution in [0.4, 0.5) is 4.79 Å². The zero-order chi connectivity index (χ0) is 28.5. The minimum absolute atomic E-state index is 0.120. The summed E-state index contributed by atoms with van der Waals surface area (Å²) in [4.78, 5) is 29.9. The molecule has 9 heteroatoms. The zero-order valence-electron chi connectivity index (χ0n) is 22.3. The fourth-order valence-electron chi connectivity index (χ4n) is 3.78. The molecule has 0 radical (unpaired) electrons. The summed E-state index contributed by atoms with van der Waals surface area (Å²) in [5.41, 5.74) is 2.28. The molecular weight excluding hydrogens is 512 g/mol. The Hall–Kier alpha value is -5.23. The third-order valence-corrected chi connectivity index (χ3v) is 5.96. The number of hydrogen-bond donors (Lipinski definition) is 1. The number of methoxy groups -OCH3 is 1. The maximum atomic E-state index is 12.8. The second-order valence-corrected chi connectivity index (χ2v) is 8.70. The highest BCUT2D eigenvalue weighted by atomic mass is 16.6. The average molecular weight is 541 g/mol. The molecule has 1 heterocycles. The van der Waals surface area contributed by atoms with Crippen molar-refractivity contribution in [1.82, 2.24) is 9.88 Å². The first-order valence-corrected chi connectivity index (χ1v) is 12.4. The number of carboxylic acids is 1. The van der Waals surface area contributed by atoms with Gasteiger partial charge in [-0.2, -0.15) is 0 Å². The van der Waals surface area contributed by atoms with Crippen molar-refractivity contribution in [2.45, 2.75) is 19.9 Å². The normalized spacial score (nSPS) is 11.1. The Morgan fingerprint density at radius 1 is 0.975 bits per heavy atom. The minimum Gasteiger partial charge on any atom is -0.497 e. The monoisotopic (exact) mass is 540 g/mol. The second kappa shape index (κ2) is 13.0. The molecule has 0 aliphatic heterocycles. The Kier molecular flexibility index (Phi) is 9.05. The van der Waals surface area contributed by atoms with Gasteiger partial charge in [0, 0.05) is 5.56 Å². The Bertz CT molecular complexity index is 1500.